The fourth-order valence-corrected chi connectivity index (χ4v) is 2.26. The van der Waals surface area contributed by atoms with Gasteiger partial charge in [-0.15, -0.1) is 0 Å². The first-order valence-corrected chi connectivity index (χ1v) is 6.60. The SMILES string of the molecule is Clc1cccc(CNCCN2CCNCC2)c1. The molecular weight excluding hydrogens is 234 g/mol. The lowest BCUT2D eigenvalue weighted by Crippen LogP contribution is -2.45. The topological polar surface area (TPSA) is 27.3 Å². The molecule has 0 amide bonds. The summed E-state index contributed by atoms with van der Waals surface area (Å²) >= 11 is 5.94. The third-order valence-corrected chi connectivity index (χ3v) is 3.27. The van der Waals surface area contributed by atoms with Gasteiger partial charge >= 0.3 is 0 Å². The lowest BCUT2D eigenvalue weighted by molar-refractivity contribution is 0.241. The molecule has 0 aromatic heterocycles. The zero-order chi connectivity index (χ0) is 11.9. The second kappa shape index (κ2) is 6.97. The van der Waals surface area contributed by atoms with Gasteiger partial charge in [-0.25, -0.2) is 0 Å². The molecule has 4 heteroatoms. The van der Waals surface area contributed by atoms with Crippen LogP contribution >= 0.6 is 11.6 Å². The van der Waals surface area contributed by atoms with Crippen LogP contribution in [0, 0.1) is 0 Å². The van der Waals surface area contributed by atoms with E-state index in [9.17, 15) is 0 Å². The monoisotopic (exact) mass is 253 g/mol. The Hall–Kier alpha value is -0.610. The minimum atomic E-state index is 0.811. The first-order chi connectivity index (χ1) is 8.34. The zero-order valence-corrected chi connectivity index (χ0v) is 10.8. The summed E-state index contributed by atoms with van der Waals surface area (Å²) in [5.41, 5.74) is 1.25. The summed E-state index contributed by atoms with van der Waals surface area (Å²) in [5, 5.41) is 7.63. The first-order valence-electron chi connectivity index (χ1n) is 6.23. The zero-order valence-electron chi connectivity index (χ0n) is 10.1. The van der Waals surface area contributed by atoms with Gasteiger partial charge in [-0.2, -0.15) is 0 Å². The van der Waals surface area contributed by atoms with Gasteiger partial charge in [0.1, 0.15) is 0 Å². The van der Waals surface area contributed by atoms with Crippen LogP contribution in [-0.4, -0.2) is 44.2 Å². The Kier molecular flexibility index (Phi) is 5.26. The Morgan fingerprint density at radius 3 is 2.88 bits per heavy atom. The van der Waals surface area contributed by atoms with E-state index in [0.717, 1.165) is 37.7 Å². The van der Waals surface area contributed by atoms with E-state index in [1.165, 1.54) is 18.7 Å². The first kappa shape index (κ1) is 12.8. The van der Waals surface area contributed by atoms with Crippen molar-refractivity contribution in [3.05, 3.63) is 34.9 Å². The van der Waals surface area contributed by atoms with Crippen LogP contribution in [0.3, 0.4) is 0 Å². The summed E-state index contributed by atoms with van der Waals surface area (Å²) in [6, 6.07) is 8.02. The van der Waals surface area contributed by atoms with Crippen molar-refractivity contribution in [1.82, 2.24) is 15.5 Å². The molecule has 3 nitrogen and oxygen atoms in total. The second-order valence-electron chi connectivity index (χ2n) is 4.40. The molecule has 1 fully saturated rings. The van der Waals surface area contributed by atoms with Crippen molar-refractivity contribution in [3.63, 3.8) is 0 Å². The molecule has 0 unspecified atom stereocenters. The van der Waals surface area contributed by atoms with Crippen LogP contribution < -0.4 is 10.6 Å². The Morgan fingerprint density at radius 1 is 1.29 bits per heavy atom. The molecule has 0 radical (unpaired) electrons. The summed E-state index contributed by atoms with van der Waals surface area (Å²) in [7, 11) is 0. The van der Waals surface area contributed by atoms with Gasteiger partial charge < -0.3 is 10.6 Å². The molecule has 1 aromatic rings. The van der Waals surface area contributed by atoms with Gasteiger partial charge in [0.2, 0.25) is 0 Å². The lowest BCUT2D eigenvalue weighted by atomic mass is 10.2. The highest BCUT2D eigenvalue weighted by atomic mass is 35.5. The molecule has 1 saturated heterocycles. The summed E-state index contributed by atoms with van der Waals surface area (Å²) < 4.78 is 0. The summed E-state index contributed by atoms with van der Waals surface area (Å²) in [4.78, 5) is 2.49. The predicted octanol–water partition coefficient (Wildman–Crippen LogP) is 1.33. The molecule has 1 aliphatic rings. The van der Waals surface area contributed by atoms with E-state index < -0.39 is 0 Å². The molecular formula is C13H20ClN3. The maximum atomic E-state index is 5.94. The normalized spacial score (nSPS) is 17.2. The van der Waals surface area contributed by atoms with Crippen LogP contribution in [0.25, 0.3) is 0 Å². The van der Waals surface area contributed by atoms with Gasteiger partial charge in [0, 0.05) is 50.8 Å². The number of rotatable bonds is 5. The molecule has 0 aliphatic carbocycles. The smallest absolute Gasteiger partial charge is 0.0409 e. The fourth-order valence-electron chi connectivity index (χ4n) is 2.05. The van der Waals surface area contributed by atoms with E-state index in [-0.39, 0.29) is 0 Å². The van der Waals surface area contributed by atoms with Crippen molar-refractivity contribution in [2.75, 3.05) is 39.3 Å². The molecule has 2 N–H and O–H groups in total. The van der Waals surface area contributed by atoms with Crippen LogP contribution in [0.2, 0.25) is 5.02 Å². The Bertz CT molecular complexity index is 337. The molecule has 1 heterocycles. The van der Waals surface area contributed by atoms with E-state index in [0.29, 0.717) is 0 Å². The van der Waals surface area contributed by atoms with Crippen molar-refractivity contribution in [3.8, 4) is 0 Å². The standard InChI is InChI=1S/C13H20ClN3/c14-13-3-1-2-12(10-13)11-16-6-9-17-7-4-15-5-8-17/h1-3,10,15-16H,4-9,11H2. The van der Waals surface area contributed by atoms with Gasteiger partial charge in [0.05, 0.1) is 0 Å². The molecule has 0 saturated carbocycles. The highest BCUT2D eigenvalue weighted by Gasteiger charge is 2.07. The fraction of sp³-hybridized carbons (Fsp3) is 0.538. The minimum absolute atomic E-state index is 0.811. The van der Waals surface area contributed by atoms with Gasteiger partial charge in [0.25, 0.3) is 0 Å². The van der Waals surface area contributed by atoms with E-state index >= 15 is 0 Å². The number of piperazine rings is 1. The van der Waals surface area contributed by atoms with Crippen molar-refractivity contribution in [2.24, 2.45) is 0 Å². The number of halogens is 1. The molecule has 0 bridgehead atoms. The molecule has 0 atom stereocenters. The predicted molar refractivity (Wildman–Crippen MR) is 72.5 cm³/mol. The third kappa shape index (κ3) is 4.64. The van der Waals surface area contributed by atoms with Crippen molar-refractivity contribution in [1.29, 1.82) is 0 Å². The van der Waals surface area contributed by atoms with E-state index in [1.54, 1.807) is 0 Å². The average molecular weight is 254 g/mol. The van der Waals surface area contributed by atoms with Crippen molar-refractivity contribution in [2.45, 2.75) is 6.54 Å². The van der Waals surface area contributed by atoms with E-state index in [1.807, 2.05) is 18.2 Å². The summed E-state index contributed by atoms with van der Waals surface area (Å²) in [6.45, 7) is 7.63. The maximum absolute atomic E-state index is 5.94. The Morgan fingerprint density at radius 2 is 2.12 bits per heavy atom. The largest absolute Gasteiger partial charge is 0.314 e. The summed E-state index contributed by atoms with van der Waals surface area (Å²) in [6.07, 6.45) is 0. The number of nitrogens with zero attached hydrogens (tertiary/aromatic N) is 1. The highest BCUT2D eigenvalue weighted by molar-refractivity contribution is 6.30. The number of hydrogen-bond donors (Lipinski definition) is 2. The maximum Gasteiger partial charge on any atom is 0.0409 e. The van der Waals surface area contributed by atoms with Gasteiger partial charge in [-0.05, 0) is 17.7 Å². The lowest BCUT2D eigenvalue weighted by Gasteiger charge is -2.27. The third-order valence-electron chi connectivity index (χ3n) is 3.03. The minimum Gasteiger partial charge on any atom is -0.314 e. The molecule has 17 heavy (non-hydrogen) atoms. The Balaban J connectivity index is 1.62. The number of benzene rings is 1. The second-order valence-corrected chi connectivity index (χ2v) is 4.83. The van der Waals surface area contributed by atoms with Crippen molar-refractivity contribution >= 4 is 11.6 Å². The van der Waals surface area contributed by atoms with Gasteiger partial charge in [0.15, 0.2) is 0 Å². The van der Waals surface area contributed by atoms with Crippen LogP contribution in [0.15, 0.2) is 24.3 Å². The van der Waals surface area contributed by atoms with Crippen molar-refractivity contribution < 1.29 is 0 Å². The van der Waals surface area contributed by atoms with E-state index in [4.69, 9.17) is 11.6 Å². The summed E-state index contributed by atoms with van der Waals surface area (Å²) in [5.74, 6) is 0. The quantitative estimate of drug-likeness (QED) is 0.776. The van der Waals surface area contributed by atoms with Crippen LogP contribution in [0.5, 0.6) is 0 Å². The van der Waals surface area contributed by atoms with Gasteiger partial charge in [-0.3, -0.25) is 4.90 Å². The van der Waals surface area contributed by atoms with Gasteiger partial charge in [-0.1, -0.05) is 23.7 Å². The molecule has 1 aliphatic heterocycles. The highest BCUT2D eigenvalue weighted by Crippen LogP contribution is 2.10. The average Bonchev–Trinajstić information content (AvgIpc) is 2.36. The number of nitrogens with one attached hydrogen (secondary N) is 2. The van der Waals surface area contributed by atoms with Crippen LogP contribution in [-0.2, 0) is 6.54 Å². The molecule has 0 spiro atoms. The van der Waals surface area contributed by atoms with Crippen LogP contribution in [0.4, 0.5) is 0 Å². The molecule has 2 rings (SSSR count). The molecule has 1 aromatic carbocycles. The van der Waals surface area contributed by atoms with E-state index in [2.05, 4.69) is 21.6 Å². The number of hydrogen-bond acceptors (Lipinski definition) is 3. The Labute approximate surface area is 108 Å². The molecule has 94 valence electrons. The van der Waals surface area contributed by atoms with Crippen LogP contribution in [0.1, 0.15) is 5.56 Å².